The highest BCUT2D eigenvalue weighted by Gasteiger charge is 2.11. The Balaban J connectivity index is 2.49. The molecule has 1 aliphatic heterocycles. The Kier molecular flexibility index (Phi) is 0.668. The molecule has 0 bridgehead atoms. The van der Waals surface area contributed by atoms with Gasteiger partial charge < -0.3 is 0 Å². The third-order valence-electron chi connectivity index (χ3n) is 1.59. The van der Waals surface area contributed by atoms with Crippen LogP contribution < -0.4 is 0 Å². The topological polar surface area (TPSA) is 12.4 Å². The summed E-state index contributed by atoms with van der Waals surface area (Å²) in [5.41, 5.74) is 2.77. The van der Waals surface area contributed by atoms with Gasteiger partial charge in [0.25, 0.3) is 0 Å². The second kappa shape index (κ2) is 1.31. The fourth-order valence-corrected chi connectivity index (χ4v) is 1.14. The molecule has 0 saturated heterocycles. The highest BCUT2D eigenvalue weighted by molar-refractivity contribution is 5.88. The first-order chi connectivity index (χ1) is 3.97. The fraction of sp³-hybridized carbons (Fsp3) is 0.286. The van der Waals surface area contributed by atoms with E-state index in [1.807, 2.05) is 12.4 Å². The summed E-state index contributed by atoms with van der Waals surface area (Å²) in [6.07, 6.45) is 8.55. The van der Waals surface area contributed by atoms with Gasteiger partial charge in [0.15, 0.2) is 0 Å². The van der Waals surface area contributed by atoms with Gasteiger partial charge in [-0.25, -0.2) is 0 Å². The molecule has 0 N–H and O–H groups in total. The summed E-state index contributed by atoms with van der Waals surface area (Å²) in [7, 11) is 0. The normalized spacial score (nSPS) is 23.0. The average Bonchev–Trinajstić information content (AvgIpc) is 2.15. The summed E-state index contributed by atoms with van der Waals surface area (Å²) in [5, 5.41) is 0. The van der Waals surface area contributed by atoms with Crippen LogP contribution in [0.5, 0.6) is 0 Å². The molecule has 0 fully saturated rings. The van der Waals surface area contributed by atoms with Crippen LogP contribution in [0, 0.1) is 0 Å². The van der Waals surface area contributed by atoms with Crippen LogP contribution in [0.25, 0.3) is 0 Å². The number of hydrogen-bond acceptors (Lipinski definition) is 1. The molecule has 1 heterocycles. The van der Waals surface area contributed by atoms with Gasteiger partial charge in [0.05, 0.1) is 0 Å². The molecule has 0 atom stereocenters. The maximum Gasteiger partial charge on any atom is 0.0340 e. The lowest BCUT2D eigenvalue weighted by atomic mass is 10.2. The molecule has 1 heteroatoms. The van der Waals surface area contributed by atoms with Crippen molar-refractivity contribution in [3.05, 3.63) is 23.4 Å². The Hall–Kier alpha value is -0.850. The lowest BCUT2D eigenvalue weighted by Gasteiger charge is -1.85. The van der Waals surface area contributed by atoms with Crippen LogP contribution in [0.2, 0.25) is 0 Å². The van der Waals surface area contributed by atoms with E-state index in [-0.39, 0.29) is 0 Å². The van der Waals surface area contributed by atoms with E-state index in [1.165, 1.54) is 24.0 Å². The predicted octanol–water partition coefficient (Wildman–Crippen LogP) is 1.67. The van der Waals surface area contributed by atoms with Crippen molar-refractivity contribution in [2.24, 2.45) is 4.99 Å². The molecule has 8 heavy (non-hydrogen) atoms. The molecular weight excluding hydrogens is 98.1 g/mol. The van der Waals surface area contributed by atoms with Crippen molar-refractivity contribution >= 4 is 6.21 Å². The van der Waals surface area contributed by atoms with Crippen molar-refractivity contribution in [1.29, 1.82) is 0 Å². The molecule has 1 nitrogen and oxygen atoms in total. The molecule has 0 saturated carbocycles. The standard InChI is InChI=1S/C7H7N/c1-2-6-4-8-5-7(6)3-1/h2,4-5H,1,3H2. The number of rotatable bonds is 0. The highest BCUT2D eigenvalue weighted by atomic mass is 14.7. The minimum absolute atomic E-state index is 1.20. The lowest BCUT2D eigenvalue weighted by Crippen LogP contribution is -1.74. The van der Waals surface area contributed by atoms with E-state index in [4.69, 9.17) is 0 Å². The maximum atomic E-state index is 4.01. The van der Waals surface area contributed by atoms with Gasteiger partial charge in [-0.3, -0.25) is 4.99 Å². The second-order valence-corrected chi connectivity index (χ2v) is 2.13. The van der Waals surface area contributed by atoms with E-state index in [1.54, 1.807) is 0 Å². The van der Waals surface area contributed by atoms with Crippen LogP contribution in [-0.4, -0.2) is 6.21 Å². The van der Waals surface area contributed by atoms with Crippen molar-refractivity contribution < 1.29 is 0 Å². The zero-order chi connectivity index (χ0) is 5.40. The van der Waals surface area contributed by atoms with E-state index < -0.39 is 0 Å². The Morgan fingerprint density at radius 2 is 2.50 bits per heavy atom. The summed E-state index contributed by atoms with van der Waals surface area (Å²) >= 11 is 0. The first-order valence-electron chi connectivity index (χ1n) is 2.89. The van der Waals surface area contributed by atoms with Gasteiger partial charge >= 0.3 is 0 Å². The molecule has 2 rings (SSSR count). The Morgan fingerprint density at radius 3 is 3.38 bits per heavy atom. The summed E-state index contributed by atoms with van der Waals surface area (Å²) in [6, 6.07) is 0. The van der Waals surface area contributed by atoms with E-state index >= 15 is 0 Å². The van der Waals surface area contributed by atoms with Crippen LogP contribution >= 0.6 is 0 Å². The first-order valence-corrected chi connectivity index (χ1v) is 2.89. The van der Waals surface area contributed by atoms with E-state index in [9.17, 15) is 0 Å². The average molecular weight is 105 g/mol. The molecule has 0 aromatic carbocycles. The van der Waals surface area contributed by atoms with Crippen molar-refractivity contribution in [3.63, 3.8) is 0 Å². The van der Waals surface area contributed by atoms with Crippen molar-refractivity contribution in [1.82, 2.24) is 0 Å². The number of allylic oxidation sites excluding steroid dienone is 3. The number of aliphatic imine (C=N–C) groups is 1. The molecule has 0 aromatic heterocycles. The quantitative estimate of drug-likeness (QED) is 0.444. The summed E-state index contributed by atoms with van der Waals surface area (Å²) < 4.78 is 0. The van der Waals surface area contributed by atoms with E-state index in [2.05, 4.69) is 11.1 Å². The largest absolute Gasteiger partial charge is 0.264 e. The van der Waals surface area contributed by atoms with Gasteiger partial charge in [0.1, 0.15) is 0 Å². The molecular formula is C7H7N. The van der Waals surface area contributed by atoms with Crippen LogP contribution in [-0.2, 0) is 0 Å². The number of hydrogen-bond donors (Lipinski definition) is 0. The van der Waals surface area contributed by atoms with Gasteiger partial charge in [0, 0.05) is 12.4 Å². The first kappa shape index (κ1) is 4.07. The Morgan fingerprint density at radius 1 is 1.50 bits per heavy atom. The smallest absolute Gasteiger partial charge is 0.0340 e. The summed E-state index contributed by atoms with van der Waals surface area (Å²) in [6.45, 7) is 0. The number of fused-ring (bicyclic) bond motifs is 1. The highest BCUT2D eigenvalue weighted by Crippen LogP contribution is 2.26. The van der Waals surface area contributed by atoms with Crippen molar-refractivity contribution in [2.75, 3.05) is 0 Å². The van der Waals surface area contributed by atoms with Gasteiger partial charge in [-0.15, -0.1) is 0 Å². The van der Waals surface area contributed by atoms with Crippen LogP contribution in [0.1, 0.15) is 12.8 Å². The Bertz CT molecular complexity index is 196. The molecule has 0 unspecified atom stereocenters. The van der Waals surface area contributed by atoms with Crippen LogP contribution in [0.3, 0.4) is 0 Å². The van der Waals surface area contributed by atoms with E-state index in [0.29, 0.717) is 0 Å². The molecule has 2 aliphatic rings. The number of nitrogens with zero attached hydrogens (tertiary/aromatic N) is 1. The molecule has 0 aromatic rings. The summed E-state index contributed by atoms with van der Waals surface area (Å²) in [4.78, 5) is 4.01. The van der Waals surface area contributed by atoms with Crippen molar-refractivity contribution in [3.8, 4) is 0 Å². The van der Waals surface area contributed by atoms with Crippen LogP contribution in [0.4, 0.5) is 0 Å². The molecule has 0 spiro atoms. The zero-order valence-electron chi connectivity index (χ0n) is 4.59. The fourth-order valence-electron chi connectivity index (χ4n) is 1.14. The van der Waals surface area contributed by atoms with Crippen molar-refractivity contribution in [2.45, 2.75) is 12.8 Å². The second-order valence-electron chi connectivity index (χ2n) is 2.13. The predicted molar refractivity (Wildman–Crippen MR) is 33.9 cm³/mol. The van der Waals surface area contributed by atoms with E-state index in [0.717, 1.165) is 0 Å². The van der Waals surface area contributed by atoms with Gasteiger partial charge in [-0.05, 0) is 24.0 Å². The SMILES string of the molecule is C1=NC=C2CCC=C12. The van der Waals surface area contributed by atoms with Gasteiger partial charge in [0.2, 0.25) is 0 Å². The zero-order valence-corrected chi connectivity index (χ0v) is 4.59. The van der Waals surface area contributed by atoms with Gasteiger partial charge in [-0.1, -0.05) is 6.08 Å². The molecule has 1 aliphatic carbocycles. The minimum atomic E-state index is 1.20. The molecule has 40 valence electrons. The Labute approximate surface area is 48.4 Å². The third kappa shape index (κ3) is 0.386. The maximum absolute atomic E-state index is 4.01. The summed E-state index contributed by atoms with van der Waals surface area (Å²) in [5.74, 6) is 0. The lowest BCUT2D eigenvalue weighted by molar-refractivity contribution is 1.06. The van der Waals surface area contributed by atoms with Gasteiger partial charge in [-0.2, -0.15) is 0 Å². The molecule has 0 radical (unpaired) electrons. The monoisotopic (exact) mass is 105 g/mol. The molecule has 0 amide bonds. The minimum Gasteiger partial charge on any atom is -0.264 e. The third-order valence-corrected chi connectivity index (χ3v) is 1.59. The van der Waals surface area contributed by atoms with Crippen LogP contribution in [0.15, 0.2) is 28.4 Å².